The van der Waals surface area contributed by atoms with E-state index in [0.29, 0.717) is 12.8 Å². The lowest BCUT2D eigenvalue weighted by molar-refractivity contribution is -0.135. The number of likely N-dealkylation sites (N-methyl/N-ethyl adjacent to an activating group) is 1. The molecule has 27 heavy (non-hydrogen) atoms. The van der Waals surface area contributed by atoms with Gasteiger partial charge in [0.05, 0.1) is 5.71 Å². The molecule has 0 fully saturated rings. The molecule has 140 valence electrons. The van der Waals surface area contributed by atoms with Crippen LogP contribution in [0.2, 0.25) is 0 Å². The number of aryl methyl sites for hydroxylation is 1. The molecule has 1 aliphatic heterocycles. The third-order valence-corrected chi connectivity index (χ3v) is 4.58. The third-order valence-electron chi connectivity index (χ3n) is 4.58. The molecule has 2 aromatic carbocycles. The lowest BCUT2D eigenvalue weighted by Gasteiger charge is -2.19. The van der Waals surface area contributed by atoms with Crippen LogP contribution in [0, 0.1) is 6.92 Å². The van der Waals surface area contributed by atoms with Crippen LogP contribution in [-0.2, 0) is 20.8 Å². The van der Waals surface area contributed by atoms with E-state index in [9.17, 15) is 9.59 Å². The van der Waals surface area contributed by atoms with Crippen LogP contribution in [0.15, 0.2) is 59.8 Å². The van der Waals surface area contributed by atoms with Gasteiger partial charge in [0.15, 0.2) is 0 Å². The van der Waals surface area contributed by atoms with Crippen LogP contribution in [0.5, 0.6) is 0 Å². The van der Waals surface area contributed by atoms with Gasteiger partial charge < -0.3 is 15.5 Å². The highest BCUT2D eigenvalue weighted by atomic mass is 16.6. The summed E-state index contributed by atoms with van der Waals surface area (Å²) in [5.74, 6) is -0.586. The van der Waals surface area contributed by atoms with Crippen LogP contribution in [-0.4, -0.2) is 36.7 Å². The molecule has 1 heterocycles. The van der Waals surface area contributed by atoms with Gasteiger partial charge in [-0.1, -0.05) is 59.8 Å². The summed E-state index contributed by atoms with van der Waals surface area (Å²) in [4.78, 5) is 30.2. The standard InChI is InChI=1S/C21H23N3O3/c1-14-8-6-7-11-16(14)17-13-19(27-24-17)21(26)23-18(20(25)22-2)12-15-9-4-3-5-10-15/h3-11,18-19H,12-13H2,1-2H3,(H,22,25)(H,23,26)/t18-,19+/m1/s1. The Hall–Kier alpha value is -3.15. The lowest BCUT2D eigenvalue weighted by atomic mass is 10.00. The van der Waals surface area contributed by atoms with Crippen molar-refractivity contribution < 1.29 is 14.4 Å². The number of amides is 2. The molecule has 2 aromatic rings. The summed E-state index contributed by atoms with van der Waals surface area (Å²) in [6, 6.07) is 16.7. The molecule has 0 saturated carbocycles. The van der Waals surface area contributed by atoms with Gasteiger partial charge in [-0.15, -0.1) is 0 Å². The molecule has 0 radical (unpaired) electrons. The number of carbonyl (C=O) groups excluding carboxylic acids is 2. The minimum atomic E-state index is -0.734. The largest absolute Gasteiger partial charge is 0.382 e. The summed E-state index contributed by atoms with van der Waals surface area (Å²) < 4.78 is 0. The van der Waals surface area contributed by atoms with E-state index >= 15 is 0 Å². The van der Waals surface area contributed by atoms with Crippen LogP contribution in [0.1, 0.15) is 23.1 Å². The van der Waals surface area contributed by atoms with E-state index in [4.69, 9.17) is 4.84 Å². The zero-order valence-corrected chi connectivity index (χ0v) is 15.4. The summed E-state index contributed by atoms with van der Waals surface area (Å²) in [5, 5.41) is 9.48. The Bertz CT molecular complexity index is 849. The van der Waals surface area contributed by atoms with Crippen molar-refractivity contribution in [3.63, 3.8) is 0 Å². The number of rotatable bonds is 6. The van der Waals surface area contributed by atoms with Crippen LogP contribution in [0.3, 0.4) is 0 Å². The number of nitrogens with zero attached hydrogens (tertiary/aromatic N) is 1. The van der Waals surface area contributed by atoms with Crippen LogP contribution in [0.25, 0.3) is 0 Å². The van der Waals surface area contributed by atoms with Crippen LogP contribution < -0.4 is 10.6 Å². The van der Waals surface area contributed by atoms with E-state index in [1.807, 2.05) is 61.5 Å². The Morgan fingerprint density at radius 3 is 2.56 bits per heavy atom. The van der Waals surface area contributed by atoms with E-state index in [2.05, 4.69) is 15.8 Å². The van der Waals surface area contributed by atoms with Gasteiger partial charge in [-0.3, -0.25) is 9.59 Å². The average molecular weight is 365 g/mol. The average Bonchev–Trinajstić information content (AvgIpc) is 3.18. The maximum Gasteiger partial charge on any atom is 0.265 e. The molecular weight excluding hydrogens is 342 g/mol. The predicted molar refractivity (Wildman–Crippen MR) is 103 cm³/mol. The molecule has 1 aliphatic rings. The number of nitrogens with one attached hydrogen (secondary N) is 2. The zero-order valence-electron chi connectivity index (χ0n) is 15.4. The minimum Gasteiger partial charge on any atom is -0.382 e. The summed E-state index contributed by atoms with van der Waals surface area (Å²) in [6.45, 7) is 1.99. The number of benzene rings is 2. The Morgan fingerprint density at radius 1 is 1.15 bits per heavy atom. The second kappa shape index (κ2) is 8.49. The molecule has 0 unspecified atom stereocenters. The molecule has 0 aliphatic carbocycles. The molecule has 2 N–H and O–H groups in total. The highest BCUT2D eigenvalue weighted by Gasteiger charge is 2.32. The fourth-order valence-corrected chi connectivity index (χ4v) is 3.07. The van der Waals surface area contributed by atoms with Gasteiger partial charge in [-0.25, -0.2) is 0 Å². The topological polar surface area (TPSA) is 79.8 Å². The van der Waals surface area contributed by atoms with Crippen molar-refractivity contribution >= 4 is 17.5 Å². The highest BCUT2D eigenvalue weighted by molar-refractivity contribution is 6.05. The molecule has 3 rings (SSSR count). The van der Waals surface area contributed by atoms with Crippen molar-refractivity contribution in [3.8, 4) is 0 Å². The molecule has 0 spiro atoms. The fourth-order valence-electron chi connectivity index (χ4n) is 3.07. The van der Waals surface area contributed by atoms with Crippen molar-refractivity contribution in [2.75, 3.05) is 7.05 Å². The van der Waals surface area contributed by atoms with Crippen molar-refractivity contribution in [1.29, 1.82) is 0 Å². The van der Waals surface area contributed by atoms with Gasteiger partial charge >= 0.3 is 0 Å². The van der Waals surface area contributed by atoms with Crippen molar-refractivity contribution in [2.45, 2.75) is 31.9 Å². The fraction of sp³-hybridized carbons (Fsp3) is 0.286. The van der Waals surface area contributed by atoms with Gasteiger partial charge in [-0.2, -0.15) is 0 Å². The Labute approximate surface area is 158 Å². The molecule has 0 aromatic heterocycles. The maximum absolute atomic E-state index is 12.6. The highest BCUT2D eigenvalue weighted by Crippen LogP contribution is 2.19. The van der Waals surface area contributed by atoms with E-state index in [0.717, 1.165) is 22.4 Å². The van der Waals surface area contributed by atoms with Crippen LogP contribution in [0.4, 0.5) is 0 Å². The second-order valence-electron chi connectivity index (χ2n) is 6.52. The van der Waals surface area contributed by atoms with Gasteiger partial charge in [0.2, 0.25) is 12.0 Å². The monoisotopic (exact) mass is 365 g/mol. The van der Waals surface area contributed by atoms with Gasteiger partial charge in [-0.05, 0) is 18.1 Å². The summed E-state index contributed by atoms with van der Waals surface area (Å²) in [7, 11) is 1.55. The van der Waals surface area contributed by atoms with Gasteiger partial charge in [0.1, 0.15) is 6.04 Å². The summed E-state index contributed by atoms with van der Waals surface area (Å²) in [6.07, 6.45) is 0.0509. The first-order chi connectivity index (χ1) is 13.1. The third kappa shape index (κ3) is 4.53. The number of hydrogen-bond donors (Lipinski definition) is 2. The normalized spacial score (nSPS) is 16.8. The molecule has 6 heteroatoms. The number of hydrogen-bond acceptors (Lipinski definition) is 4. The lowest BCUT2D eigenvalue weighted by Crippen LogP contribution is -2.50. The molecule has 2 amide bonds. The van der Waals surface area contributed by atoms with E-state index in [-0.39, 0.29) is 11.8 Å². The quantitative estimate of drug-likeness (QED) is 0.821. The van der Waals surface area contributed by atoms with Crippen LogP contribution >= 0.6 is 0 Å². The van der Waals surface area contributed by atoms with Gasteiger partial charge in [0, 0.05) is 25.5 Å². The number of carbonyl (C=O) groups is 2. The smallest absolute Gasteiger partial charge is 0.265 e. The van der Waals surface area contributed by atoms with Crippen molar-refractivity contribution in [1.82, 2.24) is 10.6 Å². The minimum absolute atomic E-state index is 0.245. The molecule has 2 atom stereocenters. The summed E-state index contributed by atoms with van der Waals surface area (Å²) in [5.41, 5.74) is 3.76. The molecule has 0 saturated heterocycles. The summed E-state index contributed by atoms with van der Waals surface area (Å²) >= 11 is 0. The first-order valence-electron chi connectivity index (χ1n) is 8.93. The number of oxime groups is 1. The Morgan fingerprint density at radius 2 is 1.85 bits per heavy atom. The SMILES string of the molecule is CNC(=O)[C@@H](Cc1ccccc1)NC(=O)[C@@H]1CC(c2ccccc2C)=NO1. The van der Waals surface area contributed by atoms with Crippen molar-refractivity contribution in [2.24, 2.45) is 5.16 Å². The molecule has 6 nitrogen and oxygen atoms in total. The van der Waals surface area contributed by atoms with E-state index in [1.165, 1.54) is 0 Å². The Balaban J connectivity index is 1.65. The second-order valence-corrected chi connectivity index (χ2v) is 6.52. The Kier molecular flexibility index (Phi) is 5.86. The van der Waals surface area contributed by atoms with E-state index in [1.54, 1.807) is 7.05 Å². The van der Waals surface area contributed by atoms with Gasteiger partial charge in [0.25, 0.3) is 5.91 Å². The predicted octanol–water partition coefficient (Wildman–Crippen LogP) is 1.96. The molecular formula is C21H23N3O3. The zero-order chi connectivity index (χ0) is 19.2. The first-order valence-corrected chi connectivity index (χ1v) is 8.93. The first kappa shape index (κ1) is 18.6. The van der Waals surface area contributed by atoms with E-state index < -0.39 is 12.1 Å². The maximum atomic E-state index is 12.6. The van der Waals surface area contributed by atoms with Crippen molar-refractivity contribution in [3.05, 3.63) is 71.3 Å². The molecule has 0 bridgehead atoms.